The number of rotatable bonds is 9. The average Bonchev–Trinajstić information content (AvgIpc) is 2.51. The third-order valence-corrected chi connectivity index (χ3v) is 3.52. The number of carboxylic acid groups (broad SMARTS) is 1. The van der Waals surface area contributed by atoms with E-state index in [0.29, 0.717) is 12.0 Å². The van der Waals surface area contributed by atoms with Gasteiger partial charge in [-0.25, -0.2) is 9.78 Å². The molecule has 1 atom stereocenters. The van der Waals surface area contributed by atoms with Crippen molar-refractivity contribution in [1.82, 2.24) is 10.3 Å². The lowest BCUT2D eigenvalue weighted by Crippen LogP contribution is -2.41. The number of nitrogens with one attached hydrogen (secondary N) is 1. The Morgan fingerprint density at radius 2 is 2.00 bits per heavy atom. The molecule has 1 rings (SSSR count). The van der Waals surface area contributed by atoms with Gasteiger partial charge >= 0.3 is 5.97 Å². The molecule has 1 aromatic rings. The highest BCUT2D eigenvalue weighted by Gasteiger charge is 2.22. The summed E-state index contributed by atoms with van der Waals surface area (Å²) >= 11 is 0. The molecule has 1 amide bonds. The van der Waals surface area contributed by atoms with Crippen LogP contribution in [0.4, 0.5) is 5.82 Å². The highest BCUT2D eigenvalue weighted by atomic mass is 16.4. The molecular weight excluding hydrogens is 294 g/mol. The van der Waals surface area contributed by atoms with E-state index in [2.05, 4.69) is 29.0 Å². The van der Waals surface area contributed by atoms with Crippen molar-refractivity contribution in [1.29, 1.82) is 0 Å². The van der Waals surface area contributed by atoms with Crippen molar-refractivity contribution in [2.24, 2.45) is 5.92 Å². The van der Waals surface area contributed by atoms with Crippen molar-refractivity contribution in [2.75, 3.05) is 18.0 Å². The molecule has 0 saturated carbocycles. The zero-order valence-corrected chi connectivity index (χ0v) is 14.4. The highest BCUT2D eigenvalue weighted by Crippen LogP contribution is 2.12. The number of pyridine rings is 1. The van der Waals surface area contributed by atoms with Crippen molar-refractivity contribution in [3.8, 4) is 0 Å². The van der Waals surface area contributed by atoms with Gasteiger partial charge in [-0.2, -0.15) is 0 Å². The Kier molecular flexibility index (Phi) is 7.51. The molecule has 0 aliphatic rings. The van der Waals surface area contributed by atoms with Crippen LogP contribution >= 0.6 is 0 Å². The maximum Gasteiger partial charge on any atom is 0.326 e. The molecule has 0 bridgehead atoms. The fraction of sp³-hybridized carbons (Fsp3) is 0.588. The first-order valence-corrected chi connectivity index (χ1v) is 8.13. The van der Waals surface area contributed by atoms with Gasteiger partial charge in [0.15, 0.2) is 0 Å². The number of aliphatic carboxylic acids is 1. The van der Waals surface area contributed by atoms with Crippen LogP contribution in [-0.4, -0.2) is 41.1 Å². The molecule has 6 heteroatoms. The number of hydrogen-bond acceptors (Lipinski definition) is 4. The van der Waals surface area contributed by atoms with Gasteiger partial charge < -0.3 is 15.3 Å². The van der Waals surface area contributed by atoms with E-state index in [1.165, 1.54) is 6.20 Å². The van der Waals surface area contributed by atoms with Crippen LogP contribution in [0, 0.1) is 5.92 Å². The molecule has 1 heterocycles. The number of aromatic nitrogens is 1. The fourth-order valence-electron chi connectivity index (χ4n) is 2.35. The Bertz CT molecular complexity index is 514. The van der Waals surface area contributed by atoms with Crippen molar-refractivity contribution in [2.45, 2.75) is 46.6 Å². The van der Waals surface area contributed by atoms with Gasteiger partial charge in [0.1, 0.15) is 11.9 Å². The highest BCUT2D eigenvalue weighted by molar-refractivity contribution is 5.96. The van der Waals surface area contributed by atoms with Gasteiger partial charge in [0.2, 0.25) is 0 Å². The van der Waals surface area contributed by atoms with Crippen LogP contribution in [0.5, 0.6) is 0 Å². The van der Waals surface area contributed by atoms with Gasteiger partial charge in [-0.15, -0.1) is 0 Å². The number of hydrogen-bond donors (Lipinski definition) is 2. The van der Waals surface area contributed by atoms with Crippen molar-refractivity contribution in [3.63, 3.8) is 0 Å². The molecule has 128 valence electrons. The van der Waals surface area contributed by atoms with Crippen LogP contribution in [0.15, 0.2) is 18.3 Å². The van der Waals surface area contributed by atoms with Crippen LogP contribution in [0.1, 0.15) is 50.9 Å². The number of amides is 1. The first-order valence-electron chi connectivity index (χ1n) is 8.13. The summed E-state index contributed by atoms with van der Waals surface area (Å²) in [5.41, 5.74) is 0.372. The van der Waals surface area contributed by atoms with Crippen molar-refractivity contribution in [3.05, 3.63) is 23.9 Å². The number of anilines is 1. The van der Waals surface area contributed by atoms with Crippen LogP contribution in [0.3, 0.4) is 0 Å². The average molecular weight is 321 g/mol. The lowest BCUT2D eigenvalue weighted by atomic mass is 10.0. The largest absolute Gasteiger partial charge is 0.480 e. The van der Waals surface area contributed by atoms with Gasteiger partial charge in [0.05, 0.1) is 5.56 Å². The van der Waals surface area contributed by atoms with E-state index in [-0.39, 0.29) is 5.92 Å². The number of nitrogens with zero attached hydrogens (tertiary/aromatic N) is 2. The summed E-state index contributed by atoms with van der Waals surface area (Å²) in [6, 6.07) is 2.60. The molecule has 0 aromatic carbocycles. The molecule has 0 aliphatic heterocycles. The van der Waals surface area contributed by atoms with E-state index in [9.17, 15) is 14.7 Å². The molecule has 0 spiro atoms. The van der Waals surface area contributed by atoms with Gasteiger partial charge in [0, 0.05) is 19.3 Å². The summed E-state index contributed by atoms with van der Waals surface area (Å²) in [6.07, 6.45) is 2.91. The molecule has 0 radical (unpaired) electrons. The number of carboxylic acids is 1. The summed E-state index contributed by atoms with van der Waals surface area (Å²) in [4.78, 5) is 29.9. The molecule has 0 saturated heterocycles. The molecular formula is C17H27N3O3. The monoisotopic (exact) mass is 321 g/mol. The van der Waals surface area contributed by atoms with Gasteiger partial charge in [-0.05, 0) is 37.8 Å². The molecule has 0 unspecified atom stereocenters. The van der Waals surface area contributed by atoms with Crippen LogP contribution in [0.25, 0.3) is 0 Å². The molecule has 6 nitrogen and oxygen atoms in total. The zero-order valence-electron chi connectivity index (χ0n) is 14.4. The molecule has 1 aromatic heterocycles. The van der Waals surface area contributed by atoms with Crippen LogP contribution in [0.2, 0.25) is 0 Å². The predicted octanol–water partition coefficient (Wildman–Crippen LogP) is 2.55. The molecule has 2 N–H and O–H groups in total. The second-order valence-corrected chi connectivity index (χ2v) is 5.98. The standard InChI is InChI=1S/C17H27N3O3/c1-5-9-20(6-2)15-8-7-13(11-18-15)16(21)19-14(17(22)23)10-12(3)4/h7-8,11-12,14H,5-6,9-10H2,1-4H3,(H,19,21)(H,22,23)/t14-/m1/s1. The van der Waals surface area contributed by atoms with Gasteiger partial charge in [0.25, 0.3) is 5.91 Å². The van der Waals surface area contributed by atoms with Gasteiger partial charge in [-0.3, -0.25) is 4.79 Å². The predicted molar refractivity (Wildman–Crippen MR) is 90.8 cm³/mol. The van der Waals surface area contributed by atoms with E-state index in [1.54, 1.807) is 12.1 Å². The van der Waals surface area contributed by atoms with Gasteiger partial charge in [-0.1, -0.05) is 20.8 Å². The molecule has 0 fully saturated rings. The zero-order chi connectivity index (χ0) is 17.4. The first-order chi connectivity index (χ1) is 10.9. The quantitative estimate of drug-likeness (QED) is 0.730. The smallest absolute Gasteiger partial charge is 0.326 e. The number of carbonyl (C=O) groups is 2. The Morgan fingerprint density at radius 3 is 2.43 bits per heavy atom. The van der Waals surface area contributed by atoms with E-state index < -0.39 is 17.9 Å². The summed E-state index contributed by atoms with van der Waals surface area (Å²) in [7, 11) is 0. The summed E-state index contributed by atoms with van der Waals surface area (Å²) in [5, 5.41) is 11.7. The second-order valence-electron chi connectivity index (χ2n) is 5.98. The second kappa shape index (κ2) is 9.12. The van der Waals surface area contributed by atoms with E-state index in [1.807, 2.05) is 13.8 Å². The third kappa shape index (κ3) is 5.88. The van der Waals surface area contributed by atoms with Crippen LogP contribution < -0.4 is 10.2 Å². The maximum absolute atomic E-state index is 12.2. The van der Waals surface area contributed by atoms with E-state index in [4.69, 9.17) is 0 Å². The Balaban J connectivity index is 2.78. The first kappa shape index (κ1) is 18.9. The molecule has 23 heavy (non-hydrogen) atoms. The van der Waals surface area contributed by atoms with E-state index in [0.717, 1.165) is 25.3 Å². The normalized spacial score (nSPS) is 12.0. The lowest BCUT2D eigenvalue weighted by molar-refractivity contribution is -0.139. The third-order valence-electron chi connectivity index (χ3n) is 3.52. The minimum atomic E-state index is -1.02. The lowest BCUT2D eigenvalue weighted by Gasteiger charge is -2.21. The topological polar surface area (TPSA) is 82.5 Å². The summed E-state index contributed by atoms with van der Waals surface area (Å²) in [5.74, 6) is -0.417. The summed E-state index contributed by atoms with van der Waals surface area (Å²) in [6.45, 7) is 9.76. The molecule has 0 aliphatic carbocycles. The van der Waals surface area contributed by atoms with Crippen molar-refractivity contribution >= 4 is 17.7 Å². The van der Waals surface area contributed by atoms with Crippen molar-refractivity contribution < 1.29 is 14.7 Å². The fourth-order valence-corrected chi connectivity index (χ4v) is 2.35. The number of carbonyl (C=O) groups excluding carboxylic acids is 1. The maximum atomic E-state index is 12.2. The minimum Gasteiger partial charge on any atom is -0.480 e. The Morgan fingerprint density at radius 1 is 1.30 bits per heavy atom. The Labute approximate surface area is 137 Å². The van der Waals surface area contributed by atoms with Crippen LogP contribution in [-0.2, 0) is 4.79 Å². The Hall–Kier alpha value is -2.11. The summed E-state index contributed by atoms with van der Waals surface area (Å²) < 4.78 is 0. The van der Waals surface area contributed by atoms with E-state index >= 15 is 0 Å². The minimum absolute atomic E-state index is 0.184. The SMILES string of the molecule is CCCN(CC)c1ccc(C(=O)N[C@H](CC(C)C)C(=O)O)cn1.